The summed E-state index contributed by atoms with van der Waals surface area (Å²) < 4.78 is 5.19. The highest BCUT2D eigenvalue weighted by molar-refractivity contribution is 5.85. The molecule has 1 heterocycles. The fourth-order valence-corrected chi connectivity index (χ4v) is 1.99. The van der Waals surface area contributed by atoms with E-state index in [2.05, 4.69) is 20.8 Å². The molecule has 2 rings (SSSR count). The molecular weight excluding hydrogens is 310 g/mol. The smallest absolute Gasteiger partial charge is 0.257 e. The van der Waals surface area contributed by atoms with Gasteiger partial charge in [-0.1, -0.05) is 24.2 Å². The summed E-state index contributed by atoms with van der Waals surface area (Å²) in [5, 5.41) is 9.01. The van der Waals surface area contributed by atoms with Crippen molar-refractivity contribution in [3.63, 3.8) is 0 Å². The lowest BCUT2D eigenvalue weighted by molar-refractivity contribution is -0.125. The van der Waals surface area contributed by atoms with Gasteiger partial charge in [0.05, 0.1) is 13.1 Å². The van der Waals surface area contributed by atoms with E-state index in [0.717, 1.165) is 17.5 Å². The first-order valence-electron chi connectivity index (χ1n) is 7.77. The molecule has 24 heavy (non-hydrogen) atoms. The number of aromatic nitrogens is 2. The molecule has 0 saturated heterocycles. The minimum absolute atomic E-state index is 0.0636. The topological polar surface area (TPSA) is 123 Å². The standard InChI is InChI=1S/C16H21N5O3/c1-2-13-20-16(24-21-13)12-5-3-11(4-6-12)7-8-18-15(23)10-19-14(22)9-17/h3-6H,2,7-10,17H2,1H3,(H,18,23)(H,19,22). The molecule has 0 saturated carbocycles. The maximum atomic E-state index is 11.5. The molecule has 0 fully saturated rings. The Bertz CT molecular complexity index is 681. The van der Waals surface area contributed by atoms with Crippen LogP contribution in [0.5, 0.6) is 0 Å². The Labute approximate surface area is 139 Å². The summed E-state index contributed by atoms with van der Waals surface area (Å²) in [7, 11) is 0. The third-order valence-electron chi connectivity index (χ3n) is 3.35. The van der Waals surface area contributed by atoms with Gasteiger partial charge in [0.2, 0.25) is 11.8 Å². The molecule has 0 spiro atoms. The van der Waals surface area contributed by atoms with Crippen LogP contribution in [0.15, 0.2) is 28.8 Å². The van der Waals surface area contributed by atoms with Crippen LogP contribution in [0.1, 0.15) is 18.3 Å². The molecule has 1 aromatic carbocycles. The maximum absolute atomic E-state index is 11.5. The van der Waals surface area contributed by atoms with Crippen LogP contribution in [-0.2, 0) is 22.4 Å². The highest BCUT2D eigenvalue weighted by Crippen LogP contribution is 2.18. The monoisotopic (exact) mass is 331 g/mol. The zero-order chi connectivity index (χ0) is 17.4. The van der Waals surface area contributed by atoms with Crippen LogP contribution in [0, 0.1) is 0 Å². The van der Waals surface area contributed by atoms with Crippen molar-refractivity contribution >= 4 is 11.8 Å². The van der Waals surface area contributed by atoms with Crippen molar-refractivity contribution in [1.82, 2.24) is 20.8 Å². The van der Waals surface area contributed by atoms with Crippen LogP contribution in [0.25, 0.3) is 11.5 Å². The summed E-state index contributed by atoms with van der Waals surface area (Å²) in [5.41, 5.74) is 7.07. The van der Waals surface area contributed by atoms with Crippen molar-refractivity contribution in [3.8, 4) is 11.5 Å². The summed E-state index contributed by atoms with van der Waals surface area (Å²) in [6.07, 6.45) is 1.41. The lowest BCUT2D eigenvalue weighted by atomic mass is 10.1. The van der Waals surface area contributed by atoms with Crippen molar-refractivity contribution in [3.05, 3.63) is 35.7 Å². The lowest BCUT2D eigenvalue weighted by Crippen LogP contribution is -2.40. The van der Waals surface area contributed by atoms with E-state index in [1.54, 1.807) is 0 Å². The average molecular weight is 331 g/mol. The first-order chi connectivity index (χ1) is 11.6. The van der Waals surface area contributed by atoms with Gasteiger partial charge in [0, 0.05) is 18.5 Å². The third kappa shape index (κ3) is 5.17. The molecule has 8 nitrogen and oxygen atoms in total. The molecule has 4 N–H and O–H groups in total. The third-order valence-corrected chi connectivity index (χ3v) is 3.35. The molecule has 0 unspecified atom stereocenters. The molecular formula is C16H21N5O3. The van der Waals surface area contributed by atoms with Gasteiger partial charge in [-0.05, 0) is 24.1 Å². The molecule has 8 heteroatoms. The van der Waals surface area contributed by atoms with Crippen molar-refractivity contribution in [1.29, 1.82) is 0 Å². The fourth-order valence-electron chi connectivity index (χ4n) is 1.99. The van der Waals surface area contributed by atoms with Gasteiger partial charge < -0.3 is 20.9 Å². The average Bonchev–Trinajstić information content (AvgIpc) is 3.09. The molecule has 0 aliphatic heterocycles. The summed E-state index contributed by atoms with van der Waals surface area (Å²) in [6, 6.07) is 7.72. The van der Waals surface area contributed by atoms with Crippen LogP contribution in [0.2, 0.25) is 0 Å². The quantitative estimate of drug-likeness (QED) is 0.627. The minimum atomic E-state index is -0.354. The molecule has 0 bridgehead atoms. The lowest BCUT2D eigenvalue weighted by Gasteiger charge is -2.06. The number of nitrogens with one attached hydrogen (secondary N) is 2. The normalized spacial score (nSPS) is 10.4. The zero-order valence-electron chi connectivity index (χ0n) is 13.5. The van der Waals surface area contributed by atoms with E-state index in [0.29, 0.717) is 24.7 Å². The predicted molar refractivity (Wildman–Crippen MR) is 87.9 cm³/mol. The first-order valence-corrected chi connectivity index (χ1v) is 7.77. The number of carbonyl (C=O) groups is 2. The van der Waals surface area contributed by atoms with E-state index in [-0.39, 0.29) is 24.9 Å². The zero-order valence-corrected chi connectivity index (χ0v) is 13.5. The SMILES string of the molecule is CCc1noc(-c2ccc(CCNC(=O)CNC(=O)CN)cc2)n1. The molecule has 0 radical (unpaired) electrons. The van der Waals surface area contributed by atoms with Crippen molar-refractivity contribution in [2.45, 2.75) is 19.8 Å². The molecule has 1 aromatic heterocycles. The van der Waals surface area contributed by atoms with Gasteiger partial charge in [0.25, 0.3) is 5.89 Å². The number of benzene rings is 1. The van der Waals surface area contributed by atoms with Gasteiger partial charge in [0.15, 0.2) is 5.82 Å². The number of nitrogens with zero attached hydrogens (tertiary/aromatic N) is 2. The molecule has 0 aliphatic carbocycles. The number of hydrogen-bond donors (Lipinski definition) is 3. The number of amides is 2. The maximum Gasteiger partial charge on any atom is 0.257 e. The predicted octanol–water partition coefficient (Wildman–Crippen LogP) is 0.0326. The summed E-state index contributed by atoms with van der Waals surface area (Å²) in [4.78, 5) is 26.8. The van der Waals surface area contributed by atoms with Crippen molar-refractivity contribution in [2.75, 3.05) is 19.6 Å². The number of carbonyl (C=O) groups excluding carboxylic acids is 2. The Kier molecular flexibility index (Phi) is 6.44. The number of rotatable bonds is 8. The van der Waals surface area contributed by atoms with Gasteiger partial charge in [-0.2, -0.15) is 4.98 Å². The van der Waals surface area contributed by atoms with E-state index in [9.17, 15) is 9.59 Å². The number of hydrogen-bond acceptors (Lipinski definition) is 6. The van der Waals surface area contributed by atoms with Crippen LogP contribution in [0.3, 0.4) is 0 Å². The molecule has 2 aromatic rings. The van der Waals surface area contributed by atoms with Crippen molar-refractivity contribution < 1.29 is 14.1 Å². The summed E-state index contributed by atoms with van der Waals surface area (Å²) in [6.45, 7) is 2.26. The van der Waals surface area contributed by atoms with Gasteiger partial charge in [-0.3, -0.25) is 9.59 Å². The van der Waals surface area contributed by atoms with Gasteiger partial charge >= 0.3 is 0 Å². The summed E-state index contributed by atoms with van der Waals surface area (Å²) in [5.74, 6) is 0.584. The second kappa shape index (κ2) is 8.78. The highest BCUT2D eigenvalue weighted by atomic mass is 16.5. The highest BCUT2D eigenvalue weighted by Gasteiger charge is 2.07. The van der Waals surface area contributed by atoms with Gasteiger partial charge in [0.1, 0.15) is 0 Å². The molecule has 0 aliphatic rings. The Morgan fingerprint density at radius 1 is 1.17 bits per heavy atom. The van der Waals surface area contributed by atoms with E-state index in [1.165, 1.54) is 0 Å². The first kappa shape index (κ1) is 17.6. The van der Waals surface area contributed by atoms with Crippen LogP contribution < -0.4 is 16.4 Å². The summed E-state index contributed by atoms with van der Waals surface area (Å²) >= 11 is 0. The number of nitrogens with two attached hydrogens (primary N) is 1. The Hall–Kier alpha value is -2.74. The fraction of sp³-hybridized carbons (Fsp3) is 0.375. The van der Waals surface area contributed by atoms with Crippen LogP contribution in [0.4, 0.5) is 0 Å². The Morgan fingerprint density at radius 2 is 1.92 bits per heavy atom. The largest absolute Gasteiger partial charge is 0.354 e. The molecule has 128 valence electrons. The minimum Gasteiger partial charge on any atom is -0.354 e. The van der Waals surface area contributed by atoms with E-state index >= 15 is 0 Å². The van der Waals surface area contributed by atoms with E-state index in [4.69, 9.17) is 10.3 Å². The van der Waals surface area contributed by atoms with Gasteiger partial charge in [-0.25, -0.2) is 0 Å². The number of aryl methyl sites for hydroxylation is 1. The van der Waals surface area contributed by atoms with Crippen molar-refractivity contribution in [2.24, 2.45) is 5.73 Å². The second-order valence-corrected chi connectivity index (χ2v) is 5.15. The molecule has 0 atom stereocenters. The van der Waals surface area contributed by atoms with Gasteiger partial charge in [-0.15, -0.1) is 0 Å². The van der Waals surface area contributed by atoms with E-state index < -0.39 is 0 Å². The Morgan fingerprint density at radius 3 is 2.54 bits per heavy atom. The van der Waals surface area contributed by atoms with Crippen LogP contribution in [-0.4, -0.2) is 41.6 Å². The second-order valence-electron chi connectivity index (χ2n) is 5.15. The van der Waals surface area contributed by atoms with E-state index in [1.807, 2.05) is 31.2 Å². The molecule has 2 amide bonds. The van der Waals surface area contributed by atoms with Crippen LogP contribution >= 0.6 is 0 Å². The Balaban J connectivity index is 1.77.